The summed E-state index contributed by atoms with van der Waals surface area (Å²) in [5, 5.41) is 10.1. The third kappa shape index (κ3) is 4.11. The van der Waals surface area contributed by atoms with E-state index in [2.05, 4.69) is 49.0 Å². The van der Waals surface area contributed by atoms with Crippen LogP contribution < -0.4 is 0 Å². The summed E-state index contributed by atoms with van der Waals surface area (Å²) in [7, 11) is 0. The summed E-state index contributed by atoms with van der Waals surface area (Å²) >= 11 is 0. The molecule has 0 unspecified atom stereocenters. The minimum atomic E-state index is -0.833. The van der Waals surface area contributed by atoms with Crippen molar-refractivity contribution >= 4 is 16.7 Å². The molecule has 0 fully saturated rings. The Labute approximate surface area is 101 Å². The molecule has 88 valence electrons. The van der Waals surface area contributed by atoms with Crippen LogP contribution in [0.5, 0.6) is 0 Å². The normalized spacial score (nSPS) is 9.24. The lowest BCUT2D eigenvalue weighted by Crippen LogP contribution is -1.82. The number of carboxylic acids is 1. The van der Waals surface area contributed by atoms with Gasteiger partial charge >= 0.3 is 0 Å². The number of carboxylic acid groups (broad SMARTS) is 1. The van der Waals surface area contributed by atoms with Crippen molar-refractivity contribution in [1.82, 2.24) is 0 Å². The Balaban J connectivity index is 0.000000317. The molecule has 0 aliphatic heterocycles. The third-order valence-corrected chi connectivity index (χ3v) is 2.24. The maximum Gasteiger partial charge on any atom is 0.300 e. The fraction of sp³-hybridized carbons (Fsp3) is 0.133. The molecular formula is C15H16O2. The minimum Gasteiger partial charge on any atom is -0.481 e. The number of benzene rings is 2. The van der Waals surface area contributed by atoms with Crippen molar-refractivity contribution in [2.24, 2.45) is 0 Å². The van der Waals surface area contributed by atoms with Gasteiger partial charge < -0.3 is 5.11 Å². The molecule has 0 amide bonds. The van der Waals surface area contributed by atoms with Gasteiger partial charge in [-0.15, -0.1) is 6.58 Å². The number of hydrogen-bond donors (Lipinski definition) is 1. The topological polar surface area (TPSA) is 37.3 Å². The molecule has 0 bridgehead atoms. The molecule has 0 radical (unpaired) electrons. The Kier molecular flexibility index (Phi) is 4.95. The Bertz CT molecular complexity index is 506. The molecule has 0 aliphatic rings. The number of hydrogen-bond acceptors (Lipinski definition) is 1. The molecule has 0 heterocycles. The van der Waals surface area contributed by atoms with Gasteiger partial charge in [-0.3, -0.25) is 4.79 Å². The van der Waals surface area contributed by atoms with E-state index in [0.29, 0.717) is 0 Å². The van der Waals surface area contributed by atoms with E-state index >= 15 is 0 Å². The van der Waals surface area contributed by atoms with Crippen molar-refractivity contribution in [1.29, 1.82) is 0 Å². The second kappa shape index (κ2) is 6.48. The third-order valence-electron chi connectivity index (χ3n) is 2.24. The first-order chi connectivity index (χ1) is 8.15. The summed E-state index contributed by atoms with van der Waals surface area (Å²) in [6, 6.07) is 14.8. The average Bonchev–Trinajstić information content (AvgIpc) is 2.29. The molecule has 1 N–H and O–H groups in total. The fourth-order valence-corrected chi connectivity index (χ4v) is 1.63. The summed E-state index contributed by atoms with van der Waals surface area (Å²) in [6.45, 7) is 4.85. The lowest BCUT2D eigenvalue weighted by atomic mass is 10.0. The van der Waals surface area contributed by atoms with Crippen LogP contribution in [0.25, 0.3) is 10.8 Å². The number of fused-ring (bicyclic) bond motifs is 1. The minimum absolute atomic E-state index is 0.833. The van der Waals surface area contributed by atoms with Crippen LogP contribution in [0.4, 0.5) is 0 Å². The van der Waals surface area contributed by atoms with Crippen LogP contribution in [0.15, 0.2) is 55.1 Å². The predicted octanol–water partition coefficient (Wildman–Crippen LogP) is 3.66. The van der Waals surface area contributed by atoms with Gasteiger partial charge in [0.1, 0.15) is 0 Å². The summed E-state index contributed by atoms with van der Waals surface area (Å²) in [4.78, 5) is 9.00. The summed E-state index contributed by atoms with van der Waals surface area (Å²) in [5.41, 5.74) is 1.35. The molecule has 2 heteroatoms. The van der Waals surface area contributed by atoms with Gasteiger partial charge in [0.05, 0.1) is 0 Å². The van der Waals surface area contributed by atoms with E-state index in [4.69, 9.17) is 9.90 Å². The molecule has 0 spiro atoms. The van der Waals surface area contributed by atoms with E-state index in [1.165, 1.54) is 16.3 Å². The van der Waals surface area contributed by atoms with Gasteiger partial charge in [-0.25, -0.2) is 0 Å². The molecule has 0 aliphatic carbocycles. The van der Waals surface area contributed by atoms with Gasteiger partial charge in [0.2, 0.25) is 0 Å². The van der Waals surface area contributed by atoms with Crippen LogP contribution >= 0.6 is 0 Å². The monoisotopic (exact) mass is 228 g/mol. The van der Waals surface area contributed by atoms with Gasteiger partial charge in [0, 0.05) is 6.92 Å². The molecule has 0 saturated heterocycles. The largest absolute Gasteiger partial charge is 0.481 e. The van der Waals surface area contributed by atoms with E-state index < -0.39 is 5.97 Å². The molecule has 2 aromatic rings. The van der Waals surface area contributed by atoms with Crippen molar-refractivity contribution < 1.29 is 9.90 Å². The summed E-state index contributed by atoms with van der Waals surface area (Å²) in [5.74, 6) is -0.833. The molecule has 17 heavy (non-hydrogen) atoms. The first kappa shape index (κ1) is 13.0. The maximum atomic E-state index is 9.00. The highest BCUT2D eigenvalue weighted by Gasteiger charge is 1.96. The van der Waals surface area contributed by atoms with Crippen molar-refractivity contribution in [3.8, 4) is 0 Å². The lowest BCUT2D eigenvalue weighted by Gasteiger charge is -2.02. The predicted molar refractivity (Wildman–Crippen MR) is 71.2 cm³/mol. The Morgan fingerprint density at radius 3 is 2.47 bits per heavy atom. The van der Waals surface area contributed by atoms with Crippen molar-refractivity contribution in [3.05, 3.63) is 60.7 Å². The zero-order chi connectivity index (χ0) is 12.7. The molecule has 2 rings (SSSR count). The molecular weight excluding hydrogens is 212 g/mol. The van der Waals surface area contributed by atoms with E-state index in [1.54, 1.807) is 0 Å². The second-order valence-corrected chi connectivity index (χ2v) is 3.65. The quantitative estimate of drug-likeness (QED) is 0.796. The first-order valence-corrected chi connectivity index (χ1v) is 5.42. The standard InChI is InChI=1S/C13H12.C2H4O2/c1-2-6-11-8-5-9-12-7-3-4-10-13(11)12;1-2(3)4/h2-5,7-10H,1,6H2;1H3,(H,3,4). The lowest BCUT2D eigenvalue weighted by molar-refractivity contribution is -0.134. The summed E-state index contributed by atoms with van der Waals surface area (Å²) in [6.07, 6.45) is 2.89. The Morgan fingerprint density at radius 2 is 1.82 bits per heavy atom. The Hall–Kier alpha value is -2.09. The van der Waals surface area contributed by atoms with Gasteiger partial charge in [-0.1, -0.05) is 48.5 Å². The number of rotatable bonds is 2. The second-order valence-electron chi connectivity index (χ2n) is 3.65. The highest BCUT2D eigenvalue weighted by atomic mass is 16.4. The van der Waals surface area contributed by atoms with Gasteiger partial charge in [-0.05, 0) is 22.8 Å². The van der Waals surface area contributed by atoms with Crippen LogP contribution in [0.3, 0.4) is 0 Å². The van der Waals surface area contributed by atoms with Crippen molar-refractivity contribution in [2.75, 3.05) is 0 Å². The first-order valence-electron chi connectivity index (χ1n) is 5.42. The van der Waals surface area contributed by atoms with Crippen LogP contribution in [0.2, 0.25) is 0 Å². The smallest absolute Gasteiger partial charge is 0.300 e. The van der Waals surface area contributed by atoms with Crippen LogP contribution in [0.1, 0.15) is 12.5 Å². The average molecular weight is 228 g/mol. The van der Waals surface area contributed by atoms with Crippen LogP contribution in [0, 0.1) is 0 Å². The number of allylic oxidation sites excluding steroid dienone is 1. The van der Waals surface area contributed by atoms with Crippen LogP contribution in [-0.4, -0.2) is 11.1 Å². The highest BCUT2D eigenvalue weighted by molar-refractivity contribution is 5.85. The SMILES string of the molecule is C=CCc1cccc2ccccc12.CC(=O)O. The maximum absolute atomic E-state index is 9.00. The van der Waals surface area contributed by atoms with E-state index in [-0.39, 0.29) is 0 Å². The highest BCUT2D eigenvalue weighted by Crippen LogP contribution is 2.18. The number of aliphatic carboxylic acids is 1. The fourth-order valence-electron chi connectivity index (χ4n) is 1.63. The Morgan fingerprint density at radius 1 is 1.24 bits per heavy atom. The van der Waals surface area contributed by atoms with E-state index in [9.17, 15) is 0 Å². The van der Waals surface area contributed by atoms with Gasteiger partial charge in [0.15, 0.2) is 0 Å². The van der Waals surface area contributed by atoms with Gasteiger partial charge in [-0.2, -0.15) is 0 Å². The summed E-state index contributed by atoms with van der Waals surface area (Å²) < 4.78 is 0. The van der Waals surface area contributed by atoms with Crippen LogP contribution in [-0.2, 0) is 11.2 Å². The zero-order valence-electron chi connectivity index (χ0n) is 9.89. The van der Waals surface area contributed by atoms with Crippen molar-refractivity contribution in [2.45, 2.75) is 13.3 Å². The molecule has 0 atom stereocenters. The van der Waals surface area contributed by atoms with Crippen molar-refractivity contribution in [3.63, 3.8) is 0 Å². The van der Waals surface area contributed by atoms with Gasteiger partial charge in [0.25, 0.3) is 5.97 Å². The molecule has 0 aromatic heterocycles. The van der Waals surface area contributed by atoms with E-state index in [0.717, 1.165) is 13.3 Å². The molecule has 0 saturated carbocycles. The zero-order valence-corrected chi connectivity index (χ0v) is 9.89. The van der Waals surface area contributed by atoms with E-state index in [1.807, 2.05) is 6.08 Å². The molecule has 2 aromatic carbocycles. The number of carbonyl (C=O) groups is 1. The molecule has 2 nitrogen and oxygen atoms in total.